The van der Waals surface area contributed by atoms with Gasteiger partial charge in [-0.3, -0.25) is 15.7 Å². The van der Waals surface area contributed by atoms with Gasteiger partial charge in [0.25, 0.3) is 5.91 Å². The Morgan fingerprint density at radius 3 is 2.21 bits per heavy atom. The first-order valence-electron chi connectivity index (χ1n) is 4.75. The monoisotopic (exact) mass is 225 g/mol. The zero-order valence-corrected chi connectivity index (χ0v) is 9.44. The van der Waals surface area contributed by atoms with Crippen LogP contribution in [0.15, 0.2) is 0 Å². The van der Waals surface area contributed by atoms with E-state index >= 15 is 0 Å². The van der Waals surface area contributed by atoms with Gasteiger partial charge in [-0.15, -0.1) is 0 Å². The van der Waals surface area contributed by atoms with Gasteiger partial charge in [0.05, 0.1) is 0 Å². The topological polar surface area (TPSA) is 20.3 Å². The van der Waals surface area contributed by atoms with Gasteiger partial charge in [-0.2, -0.15) is 8.78 Å². The molecular weight excluding hydrogens is 208 g/mol. The van der Waals surface area contributed by atoms with Gasteiger partial charge in [0.15, 0.2) is 0 Å². The van der Waals surface area contributed by atoms with Crippen LogP contribution in [-0.4, -0.2) is 48.1 Å². The molecule has 14 heavy (non-hydrogen) atoms. The third kappa shape index (κ3) is 2.83. The van der Waals surface area contributed by atoms with E-state index in [1.165, 1.54) is 4.90 Å². The smallest absolute Gasteiger partial charge is 0.315 e. The van der Waals surface area contributed by atoms with Gasteiger partial charge >= 0.3 is 6.43 Å². The van der Waals surface area contributed by atoms with Crippen LogP contribution in [0, 0.1) is 0 Å². The highest BCUT2D eigenvalue weighted by Gasteiger charge is 2.28. The van der Waals surface area contributed by atoms with E-state index in [0.29, 0.717) is 18.3 Å². The van der Waals surface area contributed by atoms with E-state index in [-0.39, 0.29) is 10.9 Å². The van der Waals surface area contributed by atoms with Crippen LogP contribution in [0.2, 0.25) is 0 Å². The fourth-order valence-electron chi connectivity index (χ4n) is 1.74. The van der Waals surface area contributed by atoms with E-state index in [1.807, 2.05) is 0 Å². The van der Waals surface area contributed by atoms with Crippen molar-refractivity contribution in [2.45, 2.75) is 24.5 Å². The number of carbonyl (C=O) groups is 1. The maximum Gasteiger partial charge on any atom is 0.315 e. The van der Waals surface area contributed by atoms with Crippen molar-refractivity contribution in [3.8, 4) is 0 Å². The molecule has 84 valence electrons. The van der Waals surface area contributed by atoms with Gasteiger partial charge in [-0.25, -0.2) is 0 Å². The Bertz CT molecular complexity index is 203. The maximum atomic E-state index is 12.1. The molecule has 0 saturated carbocycles. The molecule has 0 aromatic heterocycles. The predicted octanol–water partition coefficient (Wildman–Crippen LogP) is 1.50. The average molecular weight is 225 g/mol. The van der Waals surface area contributed by atoms with E-state index < -0.39 is 12.3 Å². The lowest BCUT2D eigenvalue weighted by Gasteiger charge is -2.34. The largest absolute Gasteiger partial charge is 0.338 e. The SMILES string of the molecule is C[SH](C)C1CCN(C(=O)C(F)F)CC1. The summed E-state index contributed by atoms with van der Waals surface area (Å²) in [5, 5.41) is 0.645. The molecule has 1 amide bonds. The Labute approximate surface area is 86.0 Å². The predicted molar refractivity (Wildman–Crippen MR) is 56.4 cm³/mol. The van der Waals surface area contributed by atoms with E-state index in [0.717, 1.165) is 12.8 Å². The van der Waals surface area contributed by atoms with Crippen molar-refractivity contribution in [1.82, 2.24) is 4.90 Å². The summed E-state index contributed by atoms with van der Waals surface area (Å²) in [6.45, 7) is 1.02. The number of alkyl halides is 2. The molecule has 0 N–H and O–H groups in total. The van der Waals surface area contributed by atoms with Crippen LogP contribution < -0.4 is 0 Å². The Morgan fingerprint density at radius 1 is 1.36 bits per heavy atom. The van der Waals surface area contributed by atoms with Crippen molar-refractivity contribution in [3.63, 3.8) is 0 Å². The Kier molecular flexibility index (Phi) is 4.16. The molecule has 0 radical (unpaired) electrons. The molecule has 1 rings (SSSR count). The van der Waals surface area contributed by atoms with Gasteiger partial charge in [-0.05, 0) is 30.6 Å². The number of hydrogen-bond acceptors (Lipinski definition) is 1. The lowest BCUT2D eigenvalue weighted by atomic mass is 10.1. The van der Waals surface area contributed by atoms with Gasteiger partial charge in [0.1, 0.15) is 0 Å². The normalized spacial score (nSPS) is 20.1. The zero-order valence-electron chi connectivity index (χ0n) is 8.54. The molecule has 1 aliphatic heterocycles. The van der Waals surface area contributed by atoms with Crippen molar-refractivity contribution in [3.05, 3.63) is 0 Å². The van der Waals surface area contributed by atoms with Crippen molar-refractivity contribution >= 4 is 16.8 Å². The maximum absolute atomic E-state index is 12.1. The second kappa shape index (κ2) is 4.96. The van der Waals surface area contributed by atoms with Gasteiger partial charge in [0, 0.05) is 13.1 Å². The number of piperidine rings is 1. The molecule has 0 atom stereocenters. The highest BCUT2D eigenvalue weighted by Crippen LogP contribution is 2.31. The molecule has 1 aliphatic rings. The molecule has 0 aromatic carbocycles. The Morgan fingerprint density at radius 2 is 1.86 bits per heavy atom. The minimum absolute atomic E-state index is 0.00224. The van der Waals surface area contributed by atoms with E-state index in [4.69, 9.17) is 0 Å². The van der Waals surface area contributed by atoms with Crippen molar-refractivity contribution in [1.29, 1.82) is 0 Å². The third-order valence-corrected chi connectivity index (χ3v) is 4.67. The molecule has 2 nitrogen and oxygen atoms in total. The van der Waals surface area contributed by atoms with Crippen LogP contribution in [-0.2, 0) is 4.79 Å². The van der Waals surface area contributed by atoms with Gasteiger partial charge in [-0.1, -0.05) is 0 Å². The van der Waals surface area contributed by atoms with Crippen LogP contribution in [0.3, 0.4) is 0 Å². The van der Waals surface area contributed by atoms with Gasteiger partial charge < -0.3 is 4.90 Å². The minimum atomic E-state index is -2.84. The van der Waals surface area contributed by atoms with Crippen molar-refractivity contribution < 1.29 is 13.6 Å². The number of halogens is 2. The highest BCUT2D eigenvalue weighted by atomic mass is 32.2. The van der Waals surface area contributed by atoms with Crippen LogP contribution >= 0.6 is 10.9 Å². The van der Waals surface area contributed by atoms with E-state index in [1.54, 1.807) is 0 Å². The summed E-state index contributed by atoms with van der Waals surface area (Å²) in [5.41, 5.74) is 0. The summed E-state index contributed by atoms with van der Waals surface area (Å²) in [6, 6.07) is 0. The number of thiol groups is 1. The summed E-state index contributed by atoms with van der Waals surface area (Å²) in [4.78, 5) is 12.2. The molecule has 0 aromatic rings. The Hall–Kier alpha value is -0.320. The number of likely N-dealkylation sites (tertiary alicyclic amines) is 1. The first kappa shape index (κ1) is 11.8. The van der Waals surface area contributed by atoms with Crippen molar-refractivity contribution in [2.75, 3.05) is 25.6 Å². The fourth-order valence-corrected chi connectivity index (χ4v) is 3.00. The lowest BCUT2D eigenvalue weighted by Crippen LogP contribution is -2.42. The van der Waals surface area contributed by atoms with Crippen LogP contribution in [0.1, 0.15) is 12.8 Å². The molecule has 0 aliphatic carbocycles. The number of rotatable bonds is 2. The first-order chi connectivity index (χ1) is 6.52. The number of amides is 1. The molecule has 5 heteroatoms. The number of nitrogens with zero attached hydrogens (tertiary/aromatic N) is 1. The lowest BCUT2D eigenvalue weighted by molar-refractivity contribution is -0.143. The molecule has 1 heterocycles. The second-order valence-electron chi connectivity index (χ2n) is 3.82. The number of carbonyl (C=O) groups excluding carboxylic acids is 1. The second-order valence-corrected chi connectivity index (χ2v) is 6.48. The van der Waals surface area contributed by atoms with E-state index in [9.17, 15) is 13.6 Å². The third-order valence-electron chi connectivity index (χ3n) is 2.69. The first-order valence-corrected chi connectivity index (χ1v) is 7.06. The summed E-state index contributed by atoms with van der Waals surface area (Å²) < 4.78 is 24.2. The van der Waals surface area contributed by atoms with E-state index in [2.05, 4.69) is 12.5 Å². The quantitative estimate of drug-likeness (QED) is 0.706. The summed E-state index contributed by atoms with van der Waals surface area (Å²) >= 11 is 0. The fraction of sp³-hybridized carbons (Fsp3) is 0.889. The van der Waals surface area contributed by atoms with Crippen LogP contribution in [0.25, 0.3) is 0 Å². The molecule has 1 saturated heterocycles. The minimum Gasteiger partial charge on any atom is -0.338 e. The summed E-state index contributed by atoms with van der Waals surface area (Å²) in [7, 11) is 0.00224. The molecular formula is C9H17F2NOS. The molecule has 0 unspecified atom stereocenters. The summed E-state index contributed by atoms with van der Waals surface area (Å²) in [5.74, 6) is -1.00. The Balaban J connectivity index is 2.39. The van der Waals surface area contributed by atoms with Gasteiger partial charge in [0.2, 0.25) is 0 Å². The highest BCUT2D eigenvalue weighted by molar-refractivity contribution is 8.16. The van der Waals surface area contributed by atoms with Crippen LogP contribution in [0.4, 0.5) is 8.78 Å². The average Bonchev–Trinajstić information content (AvgIpc) is 2.16. The zero-order chi connectivity index (χ0) is 10.7. The molecule has 0 bridgehead atoms. The van der Waals surface area contributed by atoms with Crippen molar-refractivity contribution in [2.24, 2.45) is 0 Å². The number of hydrogen-bond donors (Lipinski definition) is 1. The molecule has 0 spiro atoms. The van der Waals surface area contributed by atoms with Crippen LogP contribution in [0.5, 0.6) is 0 Å². The molecule has 1 fully saturated rings. The standard InChI is InChI=1S/C9H17F2NOS/c1-14(2)7-3-5-12(6-4-7)9(13)8(10)11/h7-8,14H,3-6H2,1-2H3. The summed E-state index contributed by atoms with van der Waals surface area (Å²) in [6.07, 6.45) is 3.33.